The first-order chi connectivity index (χ1) is 7.15. The Labute approximate surface area is 108 Å². The van der Waals surface area contributed by atoms with Crippen LogP contribution in [0.4, 0.5) is 5.69 Å². The number of anilines is 1. The highest BCUT2D eigenvalue weighted by atomic mass is 79.9. The van der Waals surface area contributed by atoms with Crippen molar-refractivity contribution in [2.45, 2.75) is 0 Å². The number of nitrogens with two attached hydrogens (primary N) is 1. The Hall–Kier alpha value is -0.260. The molecular weight excluding hydrogens is 292 g/mol. The van der Waals surface area contributed by atoms with Gasteiger partial charge in [0.1, 0.15) is 4.99 Å². The topological polar surface area (TPSA) is 38.0 Å². The molecule has 0 atom stereocenters. The average molecular weight is 305 g/mol. The highest BCUT2D eigenvalue weighted by molar-refractivity contribution is 9.10. The molecule has 82 valence electrons. The number of thiocarbonyl (C=S) groups is 1. The minimum absolute atomic E-state index is 0.414. The van der Waals surface area contributed by atoms with Gasteiger partial charge in [-0.15, -0.1) is 0 Å². The lowest BCUT2D eigenvalue weighted by Crippen LogP contribution is -2.10. The maximum atomic E-state index is 5.56. The van der Waals surface area contributed by atoms with Crippen LogP contribution in [0, 0.1) is 0 Å². The van der Waals surface area contributed by atoms with E-state index < -0.39 is 0 Å². The highest BCUT2D eigenvalue weighted by Gasteiger charge is 2.03. The molecule has 0 radical (unpaired) electrons. The van der Waals surface area contributed by atoms with E-state index in [4.69, 9.17) is 18.0 Å². The number of nitrogens with one attached hydrogen (secondary N) is 1. The van der Waals surface area contributed by atoms with Crippen molar-refractivity contribution in [1.82, 2.24) is 0 Å². The van der Waals surface area contributed by atoms with Crippen LogP contribution in [0.1, 0.15) is 5.56 Å². The summed E-state index contributed by atoms with van der Waals surface area (Å²) in [5.41, 5.74) is 7.52. The fraction of sp³-hybridized carbons (Fsp3) is 0.300. The van der Waals surface area contributed by atoms with Gasteiger partial charge in [0.2, 0.25) is 0 Å². The van der Waals surface area contributed by atoms with Crippen molar-refractivity contribution in [2.75, 3.05) is 23.9 Å². The van der Waals surface area contributed by atoms with Gasteiger partial charge in [0.25, 0.3) is 0 Å². The molecule has 3 N–H and O–H groups in total. The number of hydrogen-bond acceptors (Lipinski definition) is 3. The second-order valence-electron chi connectivity index (χ2n) is 2.98. The van der Waals surface area contributed by atoms with Crippen LogP contribution < -0.4 is 11.1 Å². The van der Waals surface area contributed by atoms with E-state index in [1.165, 1.54) is 0 Å². The molecule has 5 heteroatoms. The van der Waals surface area contributed by atoms with Crippen LogP contribution >= 0.6 is 39.9 Å². The molecule has 0 amide bonds. The molecule has 2 nitrogen and oxygen atoms in total. The molecule has 1 aromatic rings. The monoisotopic (exact) mass is 304 g/mol. The largest absolute Gasteiger partial charge is 0.389 e. The van der Waals surface area contributed by atoms with Crippen molar-refractivity contribution in [3.05, 3.63) is 28.2 Å². The number of hydrogen-bond donors (Lipinski definition) is 2. The van der Waals surface area contributed by atoms with Gasteiger partial charge in [0.15, 0.2) is 0 Å². The van der Waals surface area contributed by atoms with Gasteiger partial charge in [-0.05, 0) is 40.4 Å². The summed E-state index contributed by atoms with van der Waals surface area (Å²) in [6, 6.07) is 5.90. The molecule has 0 aromatic heterocycles. The van der Waals surface area contributed by atoms with Crippen LogP contribution in [0.5, 0.6) is 0 Å². The lowest BCUT2D eigenvalue weighted by Gasteiger charge is -2.08. The van der Waals surface area contributed by atoms with E-state index in [1.807, 2.05) is 30.0 Å². The molecule has 15 heavy (non-hydrogen) atoms. The third-order valence-corrected chi connectivity index (χ3v) is 3.36. The summed E-state index contributed by atoms with van der Waals surface area (Å²) in [6.07, 6.45) is 2.09. The smallest absolute Gasteiger partial charge is 0.105 e. The quantitative estimate of drug-likeness (QED) is 0.648. The van der Waals surface area contributed by atoms with Crippen molar-refractivity contribution in [3.63, 3.8) is 0 Å². The Bertz CT molecular complexity index is 355. The summed E-state index contributed by atoms with van der Waals surface area (Å²) in [5.74, 6) is 1.09. The van der Waals surface area contributed by atoms with Gasteiger partial charge in [-0.2, -0.15) is 11.8 Å². The fourth-order valence-electron chi connectivity index (χ4n) is 1.12. The third-order valence-electron chi connectivity index (χ3n) is 1.87. The number of halogens is 1. The Morgan fingerprint density at radius 1 is 1.60 bits per heavy atom. The van der Waals surface area contributed by atoms with Crippen molar-refractivity contribution in [3.8, 4) is 0 Å². The first-order valence-corrected chi connectivity index (χ1v) is 7.07. The maximum absolute atomic E-state index is 5.56. The van der Waals surface area contributed by atoms with Crippen LogP contribution in [-0.4, -0.2) is 23.5 Å². The van der Waals surface area contributed by atoms with Gasteiger partial charge in [0.05, 0.1) is 0 Å². The van der Waals surface area contributed by atoms with Gasteiger partial charge in [-0.25, -0.2) is 0 Å². The number of thioether (sulfide) groups is 1. The van der Waals surface area contributed by atoms with E-state index in [9.17, 15) is 0 Å². The van der Waals surface area contributed by atoms with Gasteiger partial charge in [-0.1, -0.05) is 12.2 Å². The zero-order valence-corrected chi connectivity index (χ0v) is 11.6. The lowest BCUT2D eigenvalue weighted by atomic mass is 10.2. The minimum atomic E-state index is 0.414. The van der Waals surface area contributed by atoms with E-state index in [0.29, 0.717) is 4.99 Å². The van der Waals surface area contributed by atoms with Crippen molar-refractivity contribution in [2.24, 2.45) is 5.73 Å². The molecule has 1 rings (SSSR count). The standard InChI is InChI=1S/C10H13BrN2S2/c1-15-5-4-13-7-2-3-8(10(12)14)9(11)6-7/h2-3,6,13H,4-5H2,1H3,(H2,12,14). The molecule has 0 aliphatic heterocycles. The van der Waals surface area contributed by atoms with Crippen LogP contribution in [-0.2, 0) is 0 Å². The Morgan fingerprint density at radius 3 is 2.87 bits per heavy atom. The van der Waals surface area contributed by atoms with Crippen molar-refractivity contribution in [1.29, 1.82) is 0 Å². The number of rotatable bonds is 5. The normalized spacial score (nSPS) is 10.0. The summed E-state index contributed by atoms with van der Waals surface area (Å²) in [4.78, 5) is 0.414. The van der Waals surface area contributed by atoms with E-state index >= 15 is 0 Å². The van der Waals surface area contributed by atoms with Crippen LogP contribution in [0.15, 0.2) is 22.7 Å². The van der Waals surface area contributed by atoms with E-state index in [0.717, 1.165) is 28.0 Å². The summed E-state index contributed by atoms with van der Waals surface area (Å²) < 4.78 is 0.934. The molecule has 0 aliphatic carbocycles. The molecule has 0 fully saturated rings. The Balaban J connectivity index is 2.69. The maximum Gasteiger partial charge on any atom is 0.105 e. The second-order valence-corrected chi connectivity index (χ2v) is 5.26. The molecule has 0 saturated heterocycles. The molecule has 0 unspecified atom stereocenters. The molecule has 0 bridgehead atoms. The molecule has 0 spiro atoms. The lowest BCUT2D eigenvalue weighted by molar-refractivity contribution is 1.23. The summed E-state index contributed by atoms with van der Waals surface area (Å²) >= 11 is 10.2. The SMILES string of the molecule is CSCCNc1ccc(C(N)=S)c(Br)c1. The highest BCUT2D eigenvalue weighted by Crippen LogP contribution is 2.21. The molecule has 0 aliphatic rings. The molecule has 0 heterocycles. The summed E-state index contributed by atoms with van der Waals surface area (Å²) in [7, 11) is 0. The fourth-order valence-corrected chi connectivity index (χ4v) is 2.33. The second kappa shape index (κ2) is 6.35. The summed E-state index contributed by atoms with van der Waals surface area (Å²) in [5, 5.41) is 3.32. The van der Waals surface area contributed by atoms with Crippen LogP contribution in [0.25, 0.3) is 0 Å². The predicted molar refractivity (Wildman–Crippen MR) is 76.9 cm³/mol. The van der Waals surface area contributed by atoms with Gasteiger partial charge in [-0.3, -0.25) is 0 Å². The van der Waals surface area contributed by atoms with Crippen molar-refractivity contribution < 1.29 is 0 Å². The molecule has 0 saturated carbocycles. The van der Waals surface area contributed by atoms with Crippen LogP contribution in [0.3, 0.4) is 0 Å². The van der Waals surface area contributed by atoms with Crippen LogP contribution in [0.2, 0.25) is 0 Å². The predicted octanol–water partition coefficient (Wildman–Crippen LogP) is 2.86. The van der Waals surface area contributed by atoms with Gasteiger partial charge < -0.3 is 11.1 Å². The zero-order chi connectivity index (χ0) is 11.3. The molecule has 1 aromatic carbocycles. The van der Waals surface area contributed by atoms with E-state index in [-0.39, 0.29) is 0 Å². The van der Waals surface area contributed by atoms with Crippen molar-refractivity contribution >= 4 is 50.6 Å². The van der Waals surface area contributed by atoms with Gasteiger partial charge >= 0.3 is 0 Å². The number of benzene rings is 1. The first kappa shape index (κ1) is 12.8. The third kappa shape index (κ3) is 4.01. The van der Waals surface area contributed by atoms with Gasteiger partial charge in [0, 0.05) is 28.0 Å². The average Bonchev–Trinajstić information content (AvgIpc) is 2.17. The summed E-state index contributed by atoms with van der Waals surface area (Å²) in [6.45, 7) is 0.958. The Kier molecular flexibility index (Phi) is 5.42. The molecular formula is C10H13BrN2S2. The minimum Gasteiger partial charge on any atom is -0.389 e. The first-order valence-electron chi connectivity index (χ1n) is 4.47. The van der Waals surface area contributed by atoms with E-state index in [1.54, 1.807) is 0 Å². The Morgan fingerprint density at radius 2 is 2.33 bits per heavy atom. The van der Waals surface area contributed by atoms with E-state index in [2.05, 4.69) is 27.5 Å². The zero-order valence-electron chi connectivity index (χ0n) is 8.42.